The van der Waals surface area contributed by atoms with Crippen molar-refractivity contribution in [1.29, 1.82) is 0 Å². The number of likely N-dealkylation sites (N-methyl/N-ethyl adjacent to an activating group) is 1. The van der Waals surface area contributed by atoms with Gasteiger partial charge in [-0.3, -0.25) is 14.6 Å². The normalized spacial score (nSPS) is 25.8. The molecule has 2 amide bonds. The zero-order valence-corrected chi connectivity index (χ0v) is 22.0. The standard InChI is InChI=1S/C28H31ClN6O3/c1-34-7-9-35(10-8-34)23(36)15-38-19-4-2-3-16(12-19)21-13-22-27(32-21)26(20(29)14-31-22)33-25-18-6-5-17(11-18)24(25)28(30)37/h2-6,12,14,17-18,24-25H,7-11,13,15H2,1H3,(H2,30,37)(H,31,33)/t17-,18+,24+,25-/m1/s1. The van der Waals surface area contributed by atoms with Crippen LogP contribution < -0.4 is 15.8 Å². The smallest absolute Gasteiger partial charge is 0.260 e. The molecule has 2 aliphatic heterocycles. The first kappa shape index (κ1) is 24.9. The van der Waals surface area contributed by atoms with Crippen LogP contribution in [0.3, 0.4) is 0 Å². The number of fused-ring (bicyclic) bond motifs is 3. The van der Waals surface area contributed by atoms with Crippen molar-refractivity contribution in [3.63, 3.8) is 0 Å². The number of benzene rings is 1. The Morgan fingerprint density at radius 1 is 1.18 bits per heavy atom. The number of piperazine rings is 1. The highest BCUT2D eigenvalue weighted by molar-refractivity contribution is 6.34. The van der Waals surface area contributed by atoms with E-state index in [0.717, 1.165) is 49.6 Å². The van der Waals surface area contributed by atoms with Gasteiger partial charge in [0.25, 0.3) is 5.91 Å². The Hall–Kier alpha value is -3.43. The number of allylic oxidation sites excluding steroid dienone is 1. The predicted octanol–water partition coefficient (Wildman–Crippen LogP) is 2.65. The van der Waals surface area contributed by atoms with Crippen LogP contribution in [-0.2, 0) is 16.0 Å². The van der Waals surface area contributed by atoms with Gasteiger partial charge in [-0.25, -0.2) is 4.99 Å². The highest BCUT2D eigenvalue weighted by Crippen LogP contribution is 2.47. The number of hydrogen-bond donors (Lipinski definition) is 2. The maximum absolute atomic E-state index is 12.6. The number of carbonyl (C=O) groups is 2. The third-order valence-electron chi connectivity index (χ3n) is 8.15. The number of amides is 2. The van der Waals surface area contributed by atoms with Gasteiger partial charge in [0, 0.05) is 50.4 Å². The molecule has 38 heavy (non-hydrogen) atoms. The molecule has 6 rings (SSSR count). The van der Waals surface area contributed by atoms with Crippen molar-refractivity contribution in [3.8, 4) is 5.75 Å². The molecular formula is C28H31ClN6O3. The average Bonchev–Trinajstić information content (AvgIpc) is 3.64. The van der Waals surface area contributed by atoms with Gasteiger partial charge in [-0.1, -0.05) is 35.9 Å². The third kappa shape index (κ3) is 4.65. The lowest BCUT2D eigenvalue weighted by atomic mass is 9.88. The third-order valence-corrected chi connectivity index (χ3v) is 8.44. The van der Waals surface area contributed by atoms with Crippen LogP contribution in [0.1, 0.15) is 17.7 Å². The van der Waals surface area contributed by atoms with Crippen molar-refractivity contribution in [1.82, 2.24) is 14.8 Å². The number of carbonyl (C=O) groups excluding carboxylic acids is 2. The number of nitrogens with two attached hydrogens (primary N) is 1. The van der Waals surface area contributed by atoms with Gasteiger partial charge in [0.15, 0.2) is 6.61 Å². The van der Waals surface area contributed by atoms with Gasteiger partial charge in [-0.2, -0.15) is 0 Å². The fraction of sp³-hybridized carbons (Fsp3) is 0.429. The van der Waals surface area contributed by atoms with Crippen molar-refractivity contribution >= 4 is 40.5 Å². The summed E-state index contributed by atoms with van der Waals surface area (Å²) in [6.45, 7) is 3.19. The molecule has 2 fully saturated rings. The van der Waals surface area contributed by atoms with Gasteiger partial charge >= 0.3 is 0 Å². The van der Waals surface area contributed by atoms with Gasteiger partial charge in [0.05, 0.1) is 28.0 Å². The number of anilines is 1. The van der Waals surface area contributed by atoms with E-state index in [1.54, 1.807) is 6.20 Å². The van der Waals surface area contributed by atoms with Crippen molar-refractivity contribution in [3.05, 3.63) is 58.9 Å². The Labute approximate surface area is 226 Å². The number of halogens is 1. The number of aliphatic imine (C=N–C) groups is 1. The second kappa shape index (κ2) is 10.0. The van der Waals surface area contributed by atoms with Crippen LogP contribution in [0.25, 0.3) is 0 Å². The Bertz CT molecular complexity index is 1340. The number of nitrogens with one attached hydrogen (secondary N) is 1. The van der Waals surface area contributed by atoms with Crippen molar-refractivity contribution < 1.29 is 14.3 Å². The van der Waals surface area contributed by atoms with Gasteiger partial charge < -0.3 is 25.6 Å². The molecule has 1 aromatic heterocycles. The first-order valence-electron chi connectivity index (χ1n) is 13.1. The number of aromatic nitrogens is 1. The number of hydrogen-bond acceptors (Lipinski definition) is 7. The minimum absolute atomic E-state index is 0.00409. The van der Waals surface area contributed by atoms with Crippen LogP contribution in [0.2, 0.25) is 5.02 Å². The molecule has 2 aromatic rings. The molecule has 1 saturated heterocycles. The molecule has 0 unspecified atom stereocenters. The monoisotopic (exact) mass is 534 g/mol. The Balaban J connectivity index is 1.18. The molecule has 1 saturated carbocycles. The molecule has 1 aromatic carbocycles. The highest BCUT2D eigenvalue weighted by Gasteiger charge is 2.48. The second-order valence-corrected chi connectivity index (χ2v) is 11.0. The molecule has 0 spiro atoms. The maximum Gasteiger partial charge on any atom is 0.260 e. The first-order chi connectivity index (χ1) is 18.4. The maximum atomic E-state index is 12.6. The fourth-order valence-electron chi connectivity index (χ4n) is 6.04. The summed E-state index contributed by atoms with van der Waals surface area (Å²) in [5.41, 5.74) is 9.70. The van der Waals surface area contributed by atoms with Crippen LogP contribution in [0.15, 0.2) is 47.6 Å². The van der Waals surface area contributed by atoms with E-state index in [1.807, 2.05) is 29.2 Å². The van der Waals surface area contributed by atoms with Crippen LogP contribution in [0, 0.1) is 17.8 Å². The van der Waals surface area contributed by atoms with Crippen LogP contribution >= 0.6 is 11.6 Å². The van der Waals surface area contributed by atoms with Crippen LogP contribution in [0.4, 0.5) is 11.4 Å². The van der Waals surface area contributed by atoms with Crippen molar-refractivity contribution in [2.24, 2.45) is 28.5 Å². The van der Waals surface area contributed by atoms with Crippen LogP contribution in [-0.4, -0.2) is 78.2 Å². The van der Waals surface area contributed by atoms with Gasteiger partial charge in [-0.15, -0.1) is 0 Å². The first-order valence-corrected chi connectivity index (χ1v) is 13.4. The Morgan fingerprint density at radius 3 is 2.76 bits per heavy atom. The number of rotatable bonds is 7. The summed E-state index contributed by atoms with van der Waals surface area (Å²) in [6, 6.07) is 7.49. The van der Waals surface area contributed by atoms with Crippen molar-refractivity contribution in [2.75, 3.05) is 45.2 Å². The largest absolute Gasteiger partial charge is 0.484 e. The number of nitrogens with zero attached hydrogens (tertiary/aromatic N) is 4. The second-order valence-electron chi connectivity index (χ2n) is 10.6. The molecule has 2 bridgehead atoms. The molecule has 0 radical (unpaired) electrons. The van der Waals surface area contributed by atoms with E-state index in [0.29, 0.717) is 28.6 Å². The van der Waals surface area contributed by atoms with E-state index in [1.165, 1.54) is 0 Å². The molecule has 2 aliphatic carbocycles. The molecule has 3 heterocycles. The molecule has 10 heteroatoms. The zero-order chi connectivity index (χ0) is 26.4. The fourth-order valence-corrected chi connectivity index (χ4v) is 6.23. The summed E-state index contributed by atoms with van der Waals surface area (Å²) in [5, 5.41) is 3.98. The molecule has 4 aliphatic rings. The Kier molecular flexibility index (Phi) is 6.57. The lowest BCUT2D eigenvalue weighted by Crippen LogP contribution is -2.48. The summed E-state index contributed by atoms with van der Waals surface area (Å²) in [5.74, 6) is 0.420. The SMILES string of the molecule is CN1CCN(C(=O)COc2cccc(C3=Nc4c(ncc(Cl)c4N[C@H]4[C@@H](C(N)=O)[C@@H]5C=C[C@H]4C5)C3)c2)CC1. The van der Waals surface area contributed by atoms with Crippen LogP contribution in [0.5, 0.6) is 5.75 Å². The van der Waals surface area contributed by atoms with Gasteiger partial charge in [0.1, 0.15) is 11.4 Å². The topological polar surface area (TPSA) is 113 Å². The number of pyridine rings is 1. The lowest BCUT2D eigenvalue weighted by Gasteiger charge is -2.32. The quantitative estimate of drug-likeness (QED) is 0.528. The predicted molar refractivity (Wildman–Crippen MR) is 146 cm³/mol. The molecule has 198 valence electrons. The molecular weight excluding hydrogens is 504 g/mol. The van der Waals surface area contributed by atoms with E-state index < -0.39 is 0 Å². The zero-order valence-electron chi connectivity index (χ0n) is 21.3. The summed E-state index contributed by atoms with van der Waals surface area (Å²) in [7, 11) is 2.06. The lowest BCUT2D eigenvalue weighted by molar-refractivity contribution is -0.135. The summed E-state index contributed by atoms with van der Waals surface area (Å²) < 4.78 is 5.86. The summed E-state index contributed by atoms with van der Waals surface area (Å²) in [4.78, 5) is 38.3. The van der Waals surface area contributed by atoms with E-state index in [4.69, 9.17) is 27.1 Å². The van der Waals surface area contributed by atoms with Crippen molar-refractivity contribution in [2.45, 2.75) is 18.9 Å². The average molecular weight is 535 g/mol. The van der Waals surface area contributed by atoms with Gasteiger partial charge in [0.2, 0.25) is 5.91 Å². The van der Waals surface area contributed by atoms with E-state index in [2.05, 4.69) is 34.4 Å². The van der Waals surface area contributed by atoms with E-state index in [-0.39, 0.29) is 42.2 Å². The summed E-state index contributed by atoms with van der Waals surface area (Å²) >= 11 is 6.59. The molecule has 3 N–H and O–H groups in total. The Morgan fingerprint density at radius 2 is 1.97 bits per heavy atom. The molecule has 9 nitrogen and oxygen atoms in total. The van der Waals surface area contributed by atoms with E-state index in [9.17, 15) is 9.59 Å². The minimum atomic E-state index is -0.298. The van der Waals surface area contributed by atoms with E-state index >= 15 is 0 Å². The van der Waals surface area contributed by atoms with Gasteiger partial charge in [-0.05, 0) is 37.4 Å². The number of ether oxygens (including phenoxy) is 1. The summed E-state index contributed by atoms with van der Waals surface area (Å²) in [6.07, 6.45) is 7.34. The minimum Gasteiger partial charge on any atom is -0.484 e. The molecule has 4 atom stereocenters. The number of primary amides is 1. The highest BCUT2D eigenvalue weighted by atomic mass is 35.5.